The monoisotopic (exact) mass is 284 g/mol. The minimum absolute atomic E-state index is 0.0201. The Balaban J connectivity index is 1.82. The second kappa shape index (κ2) is 6.87. The topological polar surface area (TPSA) is 41.1 Å². The van der Waals surface area contributed by atoms with Crippen molar-refractivity contribution in [2.45, 2.75) is 38.1 Å². The van der Waals surface area contributed by atoms with Crippen molar-refractivity contribution in [3.8, 4) is 0 Å². The minimum atomic E-state index is -0.576. The number of hydrogen-bond acceptors (Lipinski definition) is 2. The van der Waals surface area contributed by atoms with Crippen LogP contribution in [0.2, 0.25) is 5.02 Å². The highest BCUT2D eigenvalue weighted by atomic mass is 35.5. The minimum Gasteiger partial charge on any atom is -0.324 e. The number of benzene rings is 1. The third kappa shape index (κ3) is 4.18. The lowest BCUT2D eigenvalue weighted by Gasteiger charge is -2.23. The Bertz CT molecular complexity index is 447. The van der Waals surface area contributed by atoms with Gasteiger partial charge in [0.15, 0.2) is 5.82 Å². The van der Waals surface area contributed by atoms with Crippen molar-refractivity contribution in [1.82, 2.24) is 5.32 Å². The molecule has 1 aromatic carbocycles. The van der Waals surface area contributed by atoms with E-state index >= 15 is 0 Å². The Morgan fingerprint density at radius 1 is 1.47 bits per heavy atom. The molecule has 1 fully saturated rings. The largest absolute Gasteiger partial charge is 0.324 e. The maximum absolute atomic E-state index is 13.6. The van der Waals surface area contributed by atoms with Crippen molar-refractivity contribution < 1.29 is 9.18 Å². The summed E-state index contributed by atoms with van der Waals surface area (Å²) in [6.07, 6.45) is 4.70. The molecule has 2 N–H and O–H groups in total. The van der Waals surface area contributed by atoms with Crippen molar-refractivity contribution in [1.29, 1.82) is 0 Å². The van der Waals surface area contributed by atoms with Gasteiger partial charge in [-0.05, 0) is 37.9 Å². The number of carbonyl (C=O) groups excluding carboxylic acids is 1. The van der Waals surface area contributed by atoms with Gasteiger partial charge in [0, 0.05) is 12.5 Å². The Labute approximate surface area is 117 Å². The first-order chi connectivity index (χ1) is 9.16. The van der Waals surface area contributed by atoms with Gasteiger partial charge in [-0.3, -0.25) is 4.79 Å². The van der Waals surface area contributed by atoms with E-state index < -0.39 is 5.82 Å². The second-order valence-electron chi connectivity index (χ2n) is 4.84. The molecule has 0 bridgehead atoms. The summed E-state index contributed by atoms with van der Waals surface area (Å²) in [5.41, 5.74) is 0.147. The summed E-state index contributed by atoms with van der Waals surface area (Å²) < 4.78 is 13.6. The average Bonchev–Trinajstić information content (AvgIpc) is 2.43. The van der Waals surface area contributed by atoms with Crippen LogP contribution in [0.25, 0.3) is 0 Å². The van der Waals surface area contributed by atoms with E-state index in [-0.39, 0.29) is 16.6 Å². The average molecular weight is 285 g/mol. The Hall–Kier alpha value is -1.13. The van der Waals surface area contributed by atoms with Crippen LogP contribution in [0.15, 0.2) is 18.2 Å². The number of hydrogen-bond donors (Lipinski definition) is 2. The fourth-order valence-corrected chi connectivity index (χ4v) is 2.46. The Kier molecular flexibility index (Phi) is 5.16. The highest BCUT2D eigenvalue weighted by Crippen LogP contribution is 2.22. The molecule has 1 heterocycles. The molecule has 1 aromatic rings. The van der Waals surface area contributed by atoms with Crippen LogP contribution in [0.1, 0.15) is 32.1 Å². The van der Waals surface area contributed by atoms with Crippen molar-refractivity contribution in [2.75, 3.05) is 11.9 Å². The van der Waals surface area contributed by atoms with Crippen LogP contribution >= 0.6 is 11.6 Å². The molecule has 0 radical (unpaired) electrons. The summed E-state index contributed by atoms with van der Waals surface area (Å²) in [7, 11) is 0. The first-order valence-corrected chi connectivity index (χ1v) is 7.02. The van der Waals surface area contributed by atoms with Gasteiger partial charge in [-0.25, -0.2) is 4.39 Å². The van der Waals surface area contributed by atoms with E-state index in [0.29, 0.717) is 12.5 Å². The predicted molar refractivity (Wildman–Crippen MR) is 74.9 cm³/mol. The number of rotatable bonds is 4. The molecular weight excluding hydrogens is 267 g/mol. The van der Waals surface area contributed by atoms with Crippen LogP contribution < -0.4 is 10.6 Å². The summed E-state index contributed by atoms with van der Waals surface area (Å²) >= 11 is 5.66. The van der Waals surface area contributed by atoms with Crippen molar-refractivity contribution in [2.24, 2.45) is 0 Å². The van der Waals surface area contributed by atoms with Crippen LogP contribution in [0.5, 0.6) is 0 Å². The molecule has 1 atom stereocenters. The fourth-order valence-electron chi connectivity index (χ4n) is 2.29. The zero-order valence-electron chi connectivity index (χ0n) is 10.7. The lowest BCUT2D eigenvalue weighted by molar-refractivity contribution is -0.116. The number of amides is 1. The van der Waals surface area contributed by atoms with Crippen LogP contribution in [0, 0.1) is 5.82 Å². The van der Waals surface area contributed by atoms with Gasteiger partial charge in [0.1, 0.15) is 0 Å². The molecular formula is C14H18ClFN2O. The summed E-state index contributed by atoms with van der Waals surface area (Å²) in [5.74, 6) is -0.748. The van der Waals surface area contributed by atoms with Gasteiger partial charge in [0.25, 0.3) is 0 Å². The van der Waals surface area contributed by atoms with Gasteiger partial charge in [-0.15, -0.1) is 0 Å². The Morgan fingerprint density at radius 3 is 3.05 bits per heavy atom. The number of piperidine rings is 1. The van der Waals surface area contributed by atoms with E-state index in [9.17, 15) is 9.18 Å². The van der Waals surface area contributed by atoms with Crippen LogP contribution in [0.4, 0.5) is 10.1 Å². The zero-order chi connectivity index (χ0) is 13.7. The number of carbonyl (C=O) groups is 1. The quantitative estimate of drug-likeness (QED) is 0.890. The fraction of sp³-hybridized carbons (Fsp3) is 0.500. The number of nitrogens with one attached hydrogen (secondary N) is 2. The zero-order valence-corrected chi connectivity index (χ0v) is 11.5. The van der Waals surface area contributed by atoms with E-state index in [4.69, 9.17) is 11.6 Å². The molecule has 1 unspecified atom stereocenters. The van der Waals surface area contributed by atoms with Gasteiger partial charge >= 0.3 is 0 Å². The summed E-state index contributed by atoms with van der Waals surface area (Å²) in [4.78, 5) is 11.8. The third-order valence-corrected chi connectivity index (χ3v) is 3.65. The standard InChI is InChI=1S/C14H18ClFN2O/c15-11-5-3-6-12(14(11)16)18-13(19)8-7-10-4-1-2-9-17-10/h3,5-6,10,17H,1-2,4,7-9H2,(H,18,19). The van der Waals surface area contributed by atoms with Crippen molar-refractivity contribution >= 4 is 23.2 Å². The smallest absolute Gasteiger partial charge is 0.224 e. The second-order valence-corrected chi connectivity index (χ2v) is 5.24. The molecule has 1 aliphatic heterocycles. The molecule has 5 heteroatoms. The first-order valence-electron chi connectivity index (χ1n) is 6.64. The molecule has 0 aromatic heterocycles. The van der Waals surface area contributed by atoms with Gasteiger partial charge in [0.05, 0.1) is 10.7 Å². The molecule has 0 saturated carbocycles. The van der Waals surface area contributed by atoms with Gasteiger partial charge < -0.3 is 10.6 Å². The molecule has 1 amide bonds. The van der Waals surface area contributed by atoms with Crippen LogP contribution in [-0.4, -0.2) is 18.5 Å². The van der Waals surface area contributed by atoms with E-state index in [1.807, 2.05) is 0 Å². The van der Waals surface area contributed by atoms with Gasteiger partial charge in [0.2, 0.25) is 5.91 Å². The molecule has 1 saturated heterocycles. The van der Waals surface area contributed by atoms with Gasteiger partial charge in [-0.2, -0.15) is 0 Å². The van der Waals surface area contributed by atoms with E-state index in [2.05, 4.69) is 10.6 Å². The van der Waals surface area contributed by atoms with Crippen molar-refractivity contribution in [3.63, 3.8) is 0 Å². The van der Waals surface area contributed by atoms with E-state index in [1.165, 1.54) is 25.0 Å². The molecule has 1 aliphatic rings. The lowest BCUT2D eigenvalue weighted by atomic mass is 10.0. The summed E-state index contributed by atoms with van der Waals surface area (Å²) in [5, 5.41) is 5.97. The summed E-state index contributed by atoms with van der Waals surface area (Å²) in [6.45, 7) is 1.02. The van der Waals surface area contributed by atoms with Crippen LogP contribution in [-0.2, 0) is 4.79 Å². The van der Waals surface area contributed by atoms with E-state index in [0.717, 1.165) is 19.4 Å². The summed E-state index contributed by atoms with van der Waals surface area (Å²) in [6, 6.07) is 4.99. The molecule has 0 spiro atoms. The predicted octanol–water partition coefficient (Wildman–Crippen LogP) is 3.34. The maximum Gasteiger partial charge on any atom is 0.224 e. The van der Waals surface area contributed by atoms with Gasteiger partial charge in [-0.1, -0.05) is 24.1 Å². The molecule has 19 heavy (non-hydrogen) atoms. The molecule has 2 rings (SSSR count). The normalized spacial score (nSPS) is 19.2. The highest BCUT2D eigenvalue weighted by molar-refractivity contribution is 6.31. The lowest BCUT2D eigenvalue weighted by Crippen LogP contribution is -2.34. The van der Waals surface area contributed by atoms with Crippen LogP contribution in [0.3, 0.4) is 0 Å². The number of halogens is 2. The highest BCUT2D eigenvalue weighted by Gasteiger charge is 2.15. The molecule has 3 nitrogen and oxygen atoms in total. The Morgan fingerprint density at radius 2 is 2.32 bits per heavy atom. The molecule has 0 aliphatic carbocycles. The van der Waals surface area contributed by atoms with E-state index in [1.54, 1.807) is 6.07 Å². The number of anilines is 1. The maximum atomic E-state index is 13.6. The first kappa shape index (κ1) is 14.3. The SMILES string of the molecule is O=C(CCC1CCCCN1)Nc1cccc(Cl)c1F. The third-order valence-electron chi connectivity index (χ3n) is 3.36. The molecule has 104 valence electrons. The van der Waals surface area contributed by atoms with Crippen molar-refractivity contribution in [3.05, 3.63) is 29.0 Å².